The molecule has 0 aliphatic carbocycles. The first-order valence-corrected chi connectivity index (χ1v) is 9.44. The molecule has 0 unspecified atom stereocenters. The minimum absolute atomic E-state index is 0.336. The summed E-state index contributed by atoms with van der Waals surface area (Å²) < 4.78 is 10.4. The number of rotatable bonds is 4. The van der Waals surface area contributed by atoms with E-state index in [9.17, 15) is 9.59 Å². The highest BCUT2D eigenvalue weighted by molar-refractivity contribution is 7.14. The molecule has 0 aliphatic rings. The van der Waals surface area contributed by atoms with Gasteiger partial charge in [0.25, 0.3) is 5.91 Å². The van der Waals surface area contributed by atoms with E-state index < -0.39 is 5.63 Å². The molecule has 2 aromatic heterocycles. The zero-order chi connectivity index (χ0) is 19.7. The number of nitrogens with one attached hydrogen (secondary N) is 1. The van der Waals surface area contributed by atoms with E-state index in [0.29, 0.717) is 38.3 Å². The number of benzene rings is 2. The molecule has 6 nitrogen and oxygen atoms in total. The molecular weight excluding hydrogens is 400 g/mol. The van der Waals surface area contributed by atoms with Crippen molar-refractivity contribution in [3.63, 3.8) is 0 Å². The molecule has 0 spiro atoms. The van der Waals surface area contributed by atoms with Crippen molar-refractivity contribution >= 4 is 44.9 Å². The van der Waals surface area contributed by atoms with E-state index in [1.54, 1.807) is 35.7 Å². The van der Waals surface area contributed by atoms with Crippen LogP contribution in [0.2, 0.25) is 5.02 Å². The molecule has 8 heteroatoms. The Bertz CT molecular complexity index is 1250. The molecule has 1 N–H and O–H groups in total. The fourth-order valence-electron chi connectivity index (χ4n) is 2.67. The minimum Gasteiger partial charge on any atom is -0.495 e. The Hall–Kier alpha value is -3.16. The van der Waals surface area contributed by atoms with Gasteiger partial charge in [-0.05, 0) is 30.3 Å². The number of fused-ring (bicyclic) bond motifs is 1. The van der Waals surface area contributed by atoms with Crippen molar-refractivity contribution in [3.05, 3.63) is 74.9 Å². The van der Waals surface area contributed by atoms with Crippen LogP contribution in [0.4, 0.5) is 5.13 Å². The minimum atomic E-state index is -0.483. The lowest BCUT2D eigenvalue weighted by atomic mass is 10.1. The van der Waals surface area contributed by atoms with Crippen LogP contribution in [0.3, 0.4) is 0 Å². The summed E-state index contributed by atoms with van der Waals surface area (Å²) in [6.45, 7) is 0. The molecule has 2 heterocycles. The number of aromatic nitrogens is 1. The summed E-state index contributed by atoms with van der Waals surface area (Å²) in [7, 11) is 1.50. The van der Waals surface area contributed by atoms with Crippen molar-refractivity contribution in [3.8, 4) is 17.0 Å². The normalized spacial score (nSPS) is 10.8. The van der Waals surface area contributed by atoms with Crippen molar-refractivity contribution in [1.82, 2.24) is 4.98 Å². The van der Waals surface area contributed by atoms with Crippen molar-refractivity contribution < 1.29 is 13.9 Å². The Balaban J connectivity index is 1.60. The molecule has 4 aromatic rings. The Kier molecular flexibility index (Phi) is 4.85. The maximum atomic E-state index is 12.4. The number of anilines is 1. The SMILES string of the molecule is COc1ccc(C(=O)Nc2nc(-c3cc4ccccc4oc3=O)cs2)cc1Cl. The lowest BCUT2D eigenvalue weighted by Gasteiger charge is -2.05. The molecular formula is C20H13ClN2O4S. The molecule has 0 fully saturated rings. The molecule has 0 atom stereocenters. The van der Waals surface area contributed by atoms with Crippen molar-refractivity contribution in [1.29, 1.82) is 0 Å². The third-order valence-corrected chi connectivity index (χ3v) is 5.11. The van der Waals surface area contributed by atoms with E-state index in [-0.39, 0.29) is 5.91 Å². The summed E-state index contributed by atoms with van der Waals surface area (Å²) in [6.07, 6.45) is 0. The summed E-state index contributed by atoms with van der Waals surface area (Å²) in [6, 6.07) is 13.7. The van der Waals surface area contributed by atoms with Gasteiger partial charge in [0.1, 0.15) is 11.3 Å². The van der Waals surface area contributed by atoms with Gasteiger partial charge in [-0.25, -0.2) is 9.78 Å². The summed E-state index contributed by atoms with van der Waals surface area (Å²) in [5.41, 5.74) is 1.17. The molecule has 2 aromatic carbocycles. The Labute approximate surface area is 168 Å². The largest absolute Gasteiger partial charge is 0.495 e. The number of carbonyl (C=O) groups is 1. The number of thiazole rings is 1. The van der Waals surface area contributed by atoms with Crippen LogP contribution in [0.15, 0.2) is 63.1 Å². The van der Waals surface area contributed by atoms with Gasteiger partial charge in [-0.3, -0.25) is 10.1 Å². The van der Waals surface area contributed by atoms with Crippen LogP contribution >= 0.6 is 22.9 Å². The fourth-order valence-corrected chi connectivity index (χ4v) is 3.64. The smallest absolute Gasteiger partial charge is 0.345 e. The standard InChI is InChI=1S/C20H13ClN2O4S/c1-26-17-7-6-12(9-14(17)21)18(24)23-20-22-15(10-28-20)13-8-11-4-2-3-5-16(11)27-19(13)25/h2-10H,1H3,(H,22,23,24). The van der Waals surface area contributed by atoms with Crippen LogP contribution in [0.5, 0.6) is 5.75 Å². The maximum Gasteiger partial charge on any atom is 0.345 e. The number of hydrogen-bond donors (Lipinski definition) is 1. The predicted octanol–water partition coefficient (Wildman–Crippen LogP) is 4.83. The van der Waals surface area contributed by atoms with Gasteiger partial charge in [0.05, 0.1) is 23.4 Å². The monoisotopic (exact) mass is 412 g/mol. The number of halogens is 1. The number of ether oxygens (including phenoxy) is 1. The van der Waals surface area contributed by atoms with Crippen molar-refractivity contribution in [2.45, 2.75) is 0 Å². The number of carbonyl (C=O) groups excluding carboxylic acids is 1. The quantitative estimate of drug-likeness (QED) is 0.485. The average Bonchev–Trinajstić information content (AvgIpc) is 3.15. The highest BCUT2D eigenvalue weighted by atomic mass is 35.5. The van der Waals surface area contributed by atoms with Crippen LogP contribution in [0.1, 0.15) is 10.4 Å². The summed E-state index contributed by atoms with van der Waals surface area (Å²) >= 11 is 7.27. The molecule has 0 saturated carbocycles. The van der Waals surface area contributed by atoms with E-state index in [2.05, 4.69) is 10.3 Å². The van der Waals surface area contributed by atoms with Crippen molar-refractivity contribution in [2.75, 3.05) is 12.4 Å². The fraction of sp³-hybridized carbons (Fsp3) is 0.0500. The van der Waals surface area contributed by atoms with Crippen LogP contribution in [0, 0.1) is 0 Å². The molecule has 28 heavy (non-hydrogen) atoms. The number of nitrogens with zero attached hydrogens (tertiary/aromatic N) is 1. The molecule has 0 radical (unpaired) electrons. The summed E-state index contributed by atoms with van der Waals surface area (Å²) in [5.74, 6) is 0.119. The molecule has 140 valence electrons. The van der Waals surface area contributed by atoms with Gasteiger partial charge in [0.2, 0.25) is 0 Å². The second-order valence-corrected chi connectivity index (χ2v) is 7.09. The molecule has 0 saturated heterocycles. The highest BCUT2D eigenvalue weighted by Crippen LogP contribution is 2.27. The zero-order valence-corrected chi connectivity index (χ0v) is 16.1. The lowest BCUT2D eigenvalue weighted by Crippen LogP contribution is -2.12. The second-order valence-electron chi connectivity index (χ2n) is 5.83. The Morgan fingerprint density at radius 1 is 1.21 bits per heavy atom. The van der Waals surface area contributed by atoms with Gasteiger partial charge in [-0.15, -0.1) is 11.3 Å². The van der Waals surface area contributed by atoms with Crippen LogP contribution < -0.4 is 15.7 Å². The lowest BCUT2D eigenvalue weighted by molar-refractivity contribution is 0.102. The van der Waals surface area contributed by atoms with Crippen LogP contribution in [0.25, 0.3) is 22.2 Å². The van der Waals surface area contributed by atoms with E-state index >= 15 is 0 Å². The number of hydrogen-bond acceptors (Lipinski definition) is 6. The second kappa shape index (κ2) is 7.46. The van der Waals surface area contributed by atoms with Gasteiger partial charge < -0.3 is 9.15 Å². The first-order valence-electron chi connectivity index (χ1n) is 8.19. The summed E-state index contributed by atoms with van der Waals surface area (Å²) in [4.78, 5) is 29.0. The van der Waals surface area contributed by atoms with Crippen LogP contribution in [-0.4, -0.2) is 18.0 Å². The zero-order valence-electron chi connectivity index (χ0n) is 14.6. The first-order chi connectivity index (χ1) is 13.5. The van der Waals surface area contributed by atoms with Gasteiger partial charge in [-0.1, -0.05) is 29.8 Å². The summed E-state index contributed by atoms with van der Waals surface area (Å²) in [5, 5.41) is 5.89. The van der Waals surface area contributed by atoms with E-state index in [4.69, 9.17) is 20.8 Å². The maximum absolute atomic E-state index is 12.4. The highest BCUT2D eigenvalue weighted by Gasteiger charge is 2.14. The first kappa shape index (κ1) is 18.2. The van der Waals surface area contributed by atoms with E-state index in [0.717, 1.165) is 5.39 Å². The molecule has 0 bridgehead atoms. The third kappa shape index (κ3) is 3.49. The van der Waals surface area contributed by atoms with Crippen molar-refractivity contribution in [2.24, 2.45) is 0 Å². The Morgan fingerprint density at radius 3 is 2.82 bits per heavy atom. The van der Waals surface area contributed by atoms with Gasteiger partial charge in [-0.2, -0.15) is 0 Å². The van der Waals surface area contributed by atoms with Gasteiger partial charge >= 0.3 is 5.63 Å². The third-order valence-electron chi connectivity index (χ3n) is 4.06. The number of para-hydroxylation sites is 1. The number of methoxy groups -OCH3 is 1. The van der Waals surface area contributed by atoms with Gasteiger partial charge in [0, 0.05) is 16.3 Å². The molecule has 0 aliphatic heterocycles. The topological polar surface area (TPSA) is 81.4 Å². The molecule has 1 amide bonds. The van der Waals surface area contributed by atoms with Crippen LogP contribution in [-0.2, 0) is 0 Å². The average molecular weight is 413 g/mol. The van der Waals surface area contributed by atoms with Gasteiger partial charge in [0.15, 0.2) is 5.13 Å². The Morgan fingerprint density at radius 2 is 2.04 bits per heavy atom. The molecule has 4 rings (SSSR count). The predicted molar refractivity (Wildman–Crippen MR) is 110 cm³/mol. The number of amides is 1. The van der Waals surface area contributed by atoms with E-state index in [1.807, 2.05) is 12.1 Å². The van der Waals surface area contributed by atoms with E-state index in [1.165, 1.54) is 24.5 Å².